The van der Waals surface area contributed by atoms with Gasteiger partial charge in [0.05, 0.1) is 5.41 Å². The third-order valence-electron chi connectivity index (χ3n) is 4.34. The van der Waals surface area contributed by atoms with Crippen LogP contribution in [0, 0.1) is 11.3 Å². The van der Waals surface area contributed by atoms with Crippen molar-refractivity contribution < 1.29 is 9.90 Å². The Kier molecular flexibility index (Phi) is 3.53. The highest BCUT2D eigenvalue weighted by Gasteiger charge is 2.40. The van der Waals surface area contributed by atoms with Gasteiger partial charge in [-0.05, 0) is 44.7 Å². The van der Waals surface area contributed by atoms with E-state index in [0.29, 0.717) is 0 Å². The van der Waals surface area contributed by atoms with Crippen LogP contribution in [0.25, 0.3) is 0 Å². The molecule has 1 aliphatic carbocycles. The van der Waals surface area contributed by atoms with Crippen molar-refractivity contribution in [3.05, 3.63) is 0 Å². The van der Waals surface area contributed by atoms with E-state index in [4.69, 9.17) is 0 Å². The number of hydrogen-bond acceptors (Lipinski definition) is 2. The first-order valence-electron chi connectivity index (χ1n) is 6.62. The fourth-order valence-electron chi connectivity index (χ4n) is 2.80. The smallest absolute Gasteiger partial charge is 0.310 e. The van der Waals surface area contributed by atoms with Crippen molar-refractivity contribution >= 4 is 5.97 Å². The Morgan fingerprint density at radius 3 is 2.81 bits per heavy atom. The summed E-state index contributed by atoms with van der Waals surface area (Å²) < 4.78 is 0. The van der Waals surface area contributed by atoms with E-state index in [1.54, 1.807) is 0 Å². The lowest BCUT2D eigenvalue weighted by molar-refractivity contribution is -0.152. The van der Waals surface area contributed by atoms with Crippen molar-refractivity contribution in [1.82, 2.24) is 4.90 Å². The molecule has 2 rings (SSSR count). The Morgan fingerprint density at radius 1 is 1.50 bits per heavy atom. The molecule has 3 heteroatoms. The first-order chi connectivity index (χ1) is 7.66. The Hall–Kier alpha value is -0.570. The highest BCUT2D eigenvalue weighted by molar-refractivity contribution is 5.75. The quantitative estimate of drug-likeness (QED) is 0.781. The van der Waals surface area contributed by atoms with Crippen LogP contribution >= 0.6 is 0 Å². The Morgan fingerprint density at radius 2 is 2.25 bits per heavy atom. The van der Waals surface area contributed by atoms with Gasteiger partial charge in [-0.2, -0.15) is 0 Å². The fraction of sp³-hybridized carbons (Fsp3) is 0.923. The molecule has 1 atom stereocenters. The number of carboxylic acid groups (broad SMARTS) is 1. The second-order valence-electron chi connectivity index (χ2n) is 5.55. The van der Waals surface area contributed by atoms with Crippen LogP contribution in [0.3, 0.4) is 0 Å². The van der Waals surface area contributed by atoms with Gasteiger partial charge >= 0.3 is 5.97 Å². The lowest BCUT2D eigenvalue weighted by Gasteiger charge is -2.39. The summed E-state index contributed by atoms with van der Waals surface area (Å²) in [6.07, 6.45) is 6.74. The zero-order chi connectivity index (χ0) is 11.6. The molecule has 0 aromatic heterocycles. The van der Waals surface area contributed by atoms with Gasteiger partial charge in [0.1, 0.15) is 0 Å². The molecule has 0 radical (unpaired) electrons. The fourth-order valence-corrected chi connectivity index (χ4v) is 2.80. The minimum absolute atomic E-state index is 0.457. The van der Waals surface area contributed by atoms with Gasteiger partial charge in [0.15, 0.2) is 0 Å². The van der Waals surface area contributed by atoms with Crippen LogP contribution in [-0.4, -0.2) is 35.6 Å². The first-order valence-corrected chi connectivity index (χ1v) is 6.62. The van der Waals surface area contributed by atoms with Crippen LogP contribution in [0.1, 0.15) is 45.4 Å². The standard InChI is InChI=1S/C13H23NO2/c1-2-13(12(15)16)7-3-8-14(10-13)9-6-11-4-5-11/h11H,2-10H2,1H3,(H,15,16). The molecule has 1 aliphatic heterocycles. The van der Waals surface area contributed by atoms with Crippen molar-refractivity contribution in [3.8, 4) is 0 Å². The summed E-state index contributed by atoms with van der Waals surface area (Å²) >= 11 is 0. The van der Waals surface area contributed by atoms with E-state index in [1.807, 2.05) is 6.92 Å². The maximum Gasteiger partial charge on any atom is 0.310 e. The molecule has 1 N–H and O–H groups in total. The Labute approximate surface area is 97.8 Å². The lowest BCUT2D eigenvalue weighted by atomic mass is 9.77. The summed E-state index contributed by atoms with van der Waals surface area (Å²) in [5, 5.41) is 9.37. The molecule has 2 fully saturated rings. The van der Waals surface area contributed by atoms with E-state index >= 15 is 0 Å². The molecule has 0 spiro atoms. The molecule has 0 bridgehead atoms. The molecule has 92 valence electrons. The average Bonchev–Trinajstić information content (AvgIpc) is 3.10. The van der Waals surface area contributed by atoms with Crippen molar-refractivity contribution in [2.24, 2.45) is 11.3 Å². The van der Waals surface area contributed by atoms with Crippen LogP contribution in [0.4, 0.5) is 0 Å². The summed E-state index contributed by atoms with van der Waals surface area (Å²) in [7, 11) is 0. The van der Waals surface area contributed by atoms with Gasteiger partial charge < -0.3 is 10.0 Å². The lowest BCUT2D eigenvalue weighted by Crippen LogP contribution is -2.47. The van der Waals surface area contributed by atoms with E-state index in [-0.39, 0.29) is 0 Å². The number of carbonyl (C=O) groups is 1. The van der Waals surface area contributed by atoms with Crippen LogP contribution < -0.4 is 0 Å². The number of likely N-dealkylation sites (tertiary alicyclic amines) is 1. The predicted molar refractivity (Wildman–Crippen MR) is 63.4 cm³/mol. The Bertz CT molecular complexity index is 263. The molecular formula is C13H23NO2. The van der Waals surface area contributed by atoms with E-state index in [9.17, 15) is 9.90 Å². The normalized spacial score (nSPS) is 31.6. The number of carboxylic acids is 1. The summed E-state index contributed by atoms with van der Waals surface area (Å²) in [6, 6.07) is 0. The Balaban J connectivity index is 1.88. The largest absolute Gasteiger partial charge is 0.481 e. The number of rotatable bonds is 5. The summed E-state index contributed by atoms with van der Waals surface area (Å²) in [5.74, 6) is 0.355. The van der Waals surface area contributed by atoms with E-state index < -0.39 is 11.4 Å². The van der Waals surface area contributed by atoms with Crippen LogP contribution in [-0.2, 0) is 4.79 Å². The van der Waals surface area contributed by atoms with Crippen molar-refractivity contribution in [1.29, 1.82) is 0 Å². The predicted octanol–water partition coefficient (Wildman–Crippen LogP) is 2.36. The van der Waals surface area contributed by atoms with Gasteiger partial charge in [0.25, 0.3) is 0 Å². The minimum atomic E-state index is -0.592. The molecule has 0 aromatic carbocycles. The molecule has 2 aliphatic rings. The van der Waals surface area contributed by atoms with Gasteiger partial charge in [-0.15, -0.1) is 0 Å². The van der Waals surface area contributed by atoms with Gasteiger partial charge in [0, 0.05) is 6.54 Å². The third-order valence-corrected chi connectivity index (χ3v) is 4.34. The summed E-state index contributed by atoms with van der Waals surface area (Å²) in [6.45, 7) is 4.99. The molecule has 0 aromatic rings. The van der Waals surface area contributed by atoms with Crippen molar-refractivity contribution in [2.75, 3.05) is 19.6 Å². The molecule has 0 amide bonds. The molecule has 1 unspecified atom stereocenters. The molecule has 16 heavy (non-hydrogen) atoms. The topological polar surface area (TPSA) is 40.5 Å². The molecular weight excluding hydrogens is 202 g/mol. The highest BCUT2D eigenvalue weighted by Crippen LogP contribution is 2.36. The van der Waals surface area contributed by atoms with Gasteiger partial charge in [-0.1, -0.05) is 19.8 Å². The molecule has 3 nitrogen and oxygen atoms in total. The van der Waals surface area contributed by atoms with E-state index in [2.05, 4.69) is 4.90 Å². The zero-order valence-corrected chi connectivity index (χ0v) is 10.2. The number of aliphatic carboxylic acids is 1. The van der Waals surface area contributed by atoms with Crippen molar-refractivity contribution in [3.63, 3.8) is 0 Å². The average molecular weight is 225 g/mol. The van der Waals surface area contributed by atoms with Crippen LogP contribution in [0.5, 0.6) is 0 Å². The highest BCUT2D eigenvalue weighted by atomic mass is 16.4. The third kappa shape index (κ3) is 2.57. The van der Waals surface area contributed by atoms with Crippen molar-refractivity contribution in [2.45, 2.75) is 45.4 Å². The van der Waals surface area contributed by atoms with E-state index in [1.165, 1.54) is 19.3 Å². The number of nitrogens with zero attached hydrogens (tertiary/aromatic N) is 1. The second-order valence-corrected chi connectivity index (χ2v) is 5.55. The van der Waals surface area contributed by atoms with Crippen LogP contribution in [0.15, 0.2) is 0 Å². The number of hydrogen-bond donors (Lipinski definition) is 1. The SMILES string of the molecule is CCC1(C(=O)O)CCCN(CCC2CC2)C1. The monoisotopic (exact) mass is 225 g/mol. The first kappa shape index (κ1) is 11.9. The van der Waals surface area contributed by atoms with Gasteiger partial charge in [-0.25, -0.2) is 0 Å². The van der Waals surface area contributed by atoms with Crippen LogP contribution in [0.2, 0.25) is 0 Å². The maximum absolute atomic E-state index is 11.4. The minimum Gasteiger partial charge on any atom is -0.481 e. The van der Waals surface area contributed by atoms with Gasteiger partial charge in [-0.3, -0.25) is 4.79 Å². The summed E-state index contributed by atoms with van der Waals surface area (Å²) in [5.41, 5.74) is -0.457. The number of piperidine rings is 1. The second kappa shape index (κ2) is 4.74. The zero-order valence-electron chi connectivity index (χ0n) is 10.2. The molecule has 1 saturated heterocycles. The summed E-state index contributed by atoms with van der Waals surface area (Å²) in [4.78, 5) is 13.8. The van der Waals surface area contributed by atoms with Gasteiger partial charge in [0.2, 0.25) is 0 Å². The maximum atomic E-state index is 11.4. The molecule has 1 heterocycles. The molecule has 1 saturated carbocycles. The van der Waals surface area contributed by atoms with E-state index in [0.717, 1.165) is 44.8 Å².